The molecule has 110 valence electrons. The van der Waals surface area contributed by atoms with Gasteiger partial charge >= 0.3 is 0 Å². The maximum Gasteiger partial charge on any atom is 0.224 e. The summed E-state index contributed by atoms with van der Waals surface area (Å²) in [6.07, 6.45) is 0.00824. The van der Waals surface area contributed by atoms with Gasteiger partial charge in [-0.05, 0) is 30.3 Å². The molecule has 1 amide bonds. The predicted octanol–water partition coefficient (Wildman–Crippen LogP) is 4.80. The Morgan fingerprint density at radius 3 is 2.52 bits per heavy atom. The highest BCUT2D eigenvalue weighted by Crippen LogP contribution is 2.23. The lowest BCUT2D eigenvalue weighted by molar-refractivity contribution is -0.116. The third-order valence-electron chi connectivity index (χ3n) is 2.63. The maximum atomic E-state index is 13.5. The molecule has 2 aromatic rings. The third-order valence-corrected chi connectivity index (χ3v) is 4.14. The van der Waals surface area contributed by atoms with Crippen LogP contribution in [0.1, 0.15) is 22.5 Å². The van der Waals surface area contributed by atoms with Crippen molar-refractivity contribution in [2.45, 2.75) is 12.8 Å². The van der Waals surface area contributed by atoms with Crippen LogP contribution in [0.2, 0.25) is 9.36 Å². The van der Waals surface area contributed by atoms with Crippen molar-refractivity contribution in [2.24, 2.45) is 0 Å². The molecule has 7 heteroatoms. The minimum absolute atomic E-state index is 0.0313. The number of hydrogen-bond acceptors (Lipinski definition) is 3. The van der Waals surface area contributed by atoms with Crippen LogP contribution in [0.15, 0.2) is 30.3 Å². The molecule has 21 heavy (non-hydrogen) atoms. The molecule has 0 radical (unpaired) electrons. The summed E-state index contributed by atoms with van der Waals surface area (Å²) < 4.78 is 14.0. The van der Waals surface area contributed by atoms with Gasteiger partial charge in [-0.3, -0.25) is 9.59 Å². The van der Waals surface area contributed by atoms with Gasteiger partial charge in [0.1, 0.15) is 5.82 Å². The minimum Gasteiger partial charge on any atom is -0.324 e. The number of halogens is 3. The van der Waals surface area contributed by atoms with E-state index in [1.807, 2.05) is 0 Å². The molecule has 0 saturated carbocycles. The average Bonchev–Trinajstić information content (AvgIpc) is 2.86. The number of carbonyl (C=O) groups excluding carboxylic acids is 2. The monoisotopic (exact) mass is 345 g/mol. The first-order valence-corrected chi connectivity index (χ1v) is 7.56. The van der Waals surface area contributed by atoms with Crippen molar-refractivity contribution in [2.75, 3.05) is 5.32 Å². The first-order chi connectivity index (χ1) is 9.95. The number of benzene rings is 1. The summed E-state index contributed by atoms with van der Waals surface area (Å²) in [7, 11) is 0. The average molecular weight is 346 g/mol. The van der Waals surface area contributed by atoms with Crippen LogP contribution < -0.4 is 5.32 Å². The zero-order valence-electron chi connectivity index (χ0n) is 10.7. The van der Waals surface area contributed by atoms with E-state index in [0.29, 0.717) is 9.21 Å². The van der Waals surface area contributed by atoms with E-state index in [1.54, 1.807) is 12.1 Å². The van der Waals surface area contributed by atoms with Gasteiger partial charge in [0, 0.05) is 17.9 Å². The van der Waals surface area contributed by atoms with Crippen molar-refractivity contribution >= 4 is 51.9 Å². The SMILES string of the molecule is O=C(CCC(=O)c1ccc(Cl)s1)Nc1ccc(Cl)cc1F. The Bertz CT molecular complexity index is 687. The number of amides is 1. The molecule has 1 heterocycles. The van der Waals surface area contributed by atoms with Crippen LogP contribution in [-0.4, -0.2) is 11.7 Å². The molecule has 3 nitrogen and oxygen atoms in total. The molecule has 0 unspecified atom stereocenters. The highest BCUT2D eigenvalue weighted by atomic mass is 35.5. The van der Waals surface area contributed by atoms with Crippen LogP contribution in [0, 0.1) is 5.82 Å². The fraction of sp³-hybridized carbons (Fsp3) is 0.143. The molecule has 0 aliphatic rings. The van der Waals surface area contributed by atoms with Crippen LogP contribution in [0.3, 0.4) is 0 Å². The Balaban J connectivity index is 1.89. The minimum atomic E-state index is -0.618. The second kappa shape index (κ2) is 7.02. The molecule has 1 aromatic heterocycles. The second-order valence-electron chi connectivity index (χ2n) is 4.20. The van der Waals surface area contributed by atoms with Crippen molar-refractivity contribution in [1.82, 2.24) is 0 Å². The topological polar surface area (TPSA) is 46.2 Å². The maximum absolute atomic E-state index is 13.5. The van der Waals surface area contributed by atoms with E-state index in [-0.39, 0.29) is 29.3 Å². The molecule has 0 aliphatic heterocycles. The smallest absolute Gasteiger partial charge is 0.224 e. The van der Waals surface area contributed by atoms with Gasteiger partial charge in [0.15, 0.2) is 5.78 Å². The van der Waals surface area contributed by atoms with E-state index in [0.717, 1.165) is 6.07 Å². The Hall–Kier alpha value is -1.43. The van der Waals surface area contributed by atoms with Gasteiger partial charge in [-0.25, -0.2) is 4.39 Å². The van der Waals surface area contributed by atoms with Gasteiger partial charge in [-0.2, -0.15) is 0 Å². The van der Waals surface area contributed by atoms with E-state index in [4.69, 9.17) is 23.2 Å². The molecule has 0 spiro atoms. The summed E-state index contributed by atoms with van der Waals surface area (Å²) in [6.45, 7) is 0. The number of Topliss-reactive ketones (excluding diaryl/α,β-unsaturated/α-hetero) is 1. The Kier molecular flexibility index (Phi) is 5.33. The molecule has 0 atom stereocenters. The molecule has 1 aromatic carbocycles. The fourth-order valence-electron chi connectivity index (χ4n) is 1.62. The summed E-state index contributed by atoms with van der Waals surface area (Å²) in [5, 5.41) is 2.65. The van der Waals surface area contributed by atoms with Gasteiger partial charge in [-0.15, -0.1) is 11.3 Å². The van der Waals surface area contributed by atoms with Gasteiger partial charge in [0.05, 0.1) is 14.9 Å². The quantitative estimate of drug-likeness (QED) is 0.791. The van der Waals surface area contributed by atoms with Crippen LogP contribution >= 0.6 is 34.5 Å². The van der Waals surface area contributed by atoms with E-state index in [9.17, 15) is 14.0 Å². The predicted molar refractivity (Wildman–Crippen MR) is 82.9 cm³/mol. The van der Waals surface area contributed by atoms with Gasteiger partial charge < -0.3 is 5.32 Å². The fourth-order valence-corrected chi connectivity index (χ4v) is 2.79. The lowest BCUT2D eigenvalue weighted by atomic mass is 10.2. The lowest BCUT2D eigenvalue weighted by Gasteiger charge is -2.06. The number of carbonyl (C=O) groups is 2. The first-order valence-electron chi connectivity index (χ1n) is 5.99. The van der Waals surface area contributed by atoms with Crippen LogP contribution in [0.4, 0.5) is 10.1 Å². The molecule has 0 saturated heterocycles. The van der Waals surface area contributed by atoms with Crippen molar-refractivity contribution in [3.63, 3.8) is 0 Å². The summed E-state index contributed by atoms with van der Waals surface area (Å²) in [4.78, 5) is 24.0. The largest absolute Gasteiger partial charge is 0.324 e. The number of hydrogen-bond donors (Lipinski definition) is 1. The molecular formula is C14H10Cl2FNO2S. The summed E-state index contributed by atoms with van der Waals surface area (Å²) in [5.74, 6) is -1.22. The second-order valence-corrected chi connectivity index (χ2v) is 6.35. The number of anilines is 1. The van der Waals surface area contributed by atoms with Crippen molar-refractivity contribution in [3.8, 4) is 0 Å². The zero-order chi connectivity index (χ0) is 15.4. The van der Waals surface area contributed by atoms with Crippen LogP contribution in [0.25, 0.3) is 0 Å². The molecule has 2 rings (SSSR count). The van der Waals surface area contributed by atoms with E-state index < -0.39 is 11.7 Å². The molecular weight excluding hydrogens is 336 g/mol. The molecule has 0 aliphatic carbocycles. The molecule has 0 bridgehead atoms. The number of ketones is 1. The Labute approximate surface area is 134 Å². The van der Waals surface area contributed by atoms with Gasteiger partial charge in [0.2, 0.25) is 5.91 Å². The number of thiophene rings is 1. The first kappa shape index (κ1) is 15.9. The summed E-state index contributed by atoms with van der Waals surface area (Å²) in [5.41, 5.74) is 0.0380. The standard InChI is InChI=1S/C14H10Cl2FNO2S/c15-8-1-2-10(9(17)7-8)18-14(20)6-3-11(19)12-4-5-13(16)21-12/h1-2,4-5,7H,3,6H2,(H,18,20). The highest BCUT2D eigenvalue weighted by molar-refractivity contribution is 7.18. The lowest BCUT2D eigenvalue weighted by Crippen LogP contribution is -2.14. The van der Waals surface area contributed by atoms with Crippen molar-refractivity contribution in [1.29, 1.82) is 0 Å². The summed E-state index contributed by atoms with van der Waals surface area (Å²) in [6, 6.07) is 7.19. The van der Waals surface area contributed by atoms with E-state index in [2.05, 4.69) is 5.32 Å². The Morgan fingerprint density at radius 2 is 1.90 bits per heavy atom. The molecule has 1 N–H and O–H groups in total. The number of rotatable bonds is 5. The third kappa shape index (κ3) is 4.52. The Morgan fingerprint density at radius 1 is 1.14 bits per heavy atom. The van der Waals surface area contributed by atoms with Gasteiger partial charge in [0.25, 0.3) is 0 Å². The van der Waals surface area contributed by atoms with Crippen LogP contribution in [-0.2, 0) is 4.79 Å². The zero-order valence-corrected chi connectivity index (χ0v) is 13.0. The molecule has 0 fully saturated rings. The van der Waals surface area contributed by atoms with Crippen LogP contribution in [0.5, 0.6) is 0 Å². The summed E-state index contributed by atoms with van der Waals surface area (Å²) >= 11 is 12.5. The number of nitrogens with one attached hydrogen (secondary N) is 1. The van der Waals surface area contributed by atoms with Gasteiger partial charge in [-0.1, -0.05) is 23.2 Å². The van der Waals surface area contributed by atoms with Crippen molar-refractivity contribution < 1.29 is 14.0 Å². The normalized spacial score (nSPS) is 10.4. The van der Waals surface area contributed by atoms with E-state index in [1.165, 1.54) is 23.5 Å². The van der Waals surface area contributed by atoms with Crippen molar-refractivity contribution in [3.05, 3.63) is 50.4 Å². The highest BCUT2D eigenvalue weighted by Gasteiger charge is 2.13. The van der Waals surface area contributed by atoms with E-state index >= 15 is 0 Å².